The highest BCUT2D eigenvalue weighted by atomic mass is 16.2. The first-order valence-corrected chi connectivity index (χ1v) is 8.23. The Morgan fingerprint density at radius 1 is 1.20 bits per heavy atom. The highest BCUT2D eigenvalue weighted by Crippen LogP contribution is 2.19. The minimum Gasteiger partial charge on any atom is -0.343 e. The van der Waals surface area contributed by atoms with Crippen molar-refractivity contribution in [1.82, 2.24) is 9.99 Å². The molecule has 0 saturated carbocycles. The van der Waals surface area contributed by atoms with Crippen molar-refractivity contribution in [2.24, 2.45) is 5.10 Å². The maximum atomic E-state index is 12.0. The molecule has 0 radical (unpaired) electrons. The highest BCUT2D eigenvalue weighted by Gasteiger charge is 2.06. The van der Waals surface area contributed by atoms with Crippen LogP contribution in [0.2, 0.25) is 0 Å². The third-order valence-corrected chi connectivity index (χ3v) is 4.02. The van der Waals surface area contributed by atoms with Gasteiger partial charge in [-0.1, -0.05) is 54.1 Å². The second-order valence-electron chi connectivity index (χ2n) is 6.00. The van der Waals surface area contributed by atoms with Crippen LogP contribution in [0.1, 0.15) is 16.7 Å². The molecule has 3 rings (SSSR count). The van der Waals surface area contributed by atoms with E-state index in [2.05, 4.69) is 27.7 Å². The van der Waals surface area contributed by atoms with Crippen LogP contribution in [0.25, 0.3) is 10.9 Å². The van der Waals surface area contributed by atoms with Gasteiger partial charge in [0, 0.05) is 29.2 Å². The molecule has 126 valence electrons. The number of rotatable bonds is 6. The van der Waals surface area contributed by atoms with Gasteiger partial charge in [-0.15, -0.1) is 6.58 Å². The van der Waals surface area contributed by atoms with Gasteiger partial charge in [0.15, 0.2) is 0 Å². The van der Waals surface area contributed by atoms with Gasteiger partial charge < -0.3 is 4.57 Å². The van der Waals surface area contributed by atoms with Crippen LogP contribution in [0.4, 0.5) is 0 Å². The molecule has 0 atom stereocenters. The number of para-hydroxylation sites is 1. The van der Waals surface area contributed by atoms with Gasteiger partial charge in [0.05, 0.1) is 12.6 Å². The summed E-state index contributed by atoms with van der Waals surface area (Å²) in [6.45, 7) is 6.55. The van der Waals surface area contributed by atoms with Crippen LogP contribution in [-0.2, 0) is 17.8 Å². The number of hydrogen-bond donors (Lipinski definition) is 1. The Bertz CT molecular complexity index is 920. The number of carbonyl (C=O) groups excluding carboxylic acids is 1. The summed E-state index contributed by atoms with van der Waals surface area (Å²) in [5, 5.41) is 5.21. The quantitative estimate of drug-likeness (QED) is 0.416. The van der Waals surface area contributed by atoms with Crippen LogP contribution < -0.4 is 5.43 Å². The molecule has 0 bridgehead atoms. The summed E-state index contributed by atoms with van der Waals surface area (Å²) < 4.78 is 2.11. The maximum Gasteiger partial charge on any atom is 0.244 e. The molecule has 0 aliphatic carbocycles. The van der Waals surface area contributed by atoms with E-state index in [1.54, 1.807) is 6.21 Å². The number of fused-ring (bicyclic) bond motifs is 1. The molecule has 4 heteroatoms. The molecule has 25 heavy (non-hydrogen) atoms. The number of nitrogens with one attached hydrogen (secondary N) is 1. The van der Waals surface area contributed by atoms with Crippen molar-refractivity contribution in [1.29, 1.82) is 0 Å². The molecule has 1 N–H and O–H groups in total. The Morgan fingerprint density at radius 3 is 2.72 bits per heavy atom. The molecule has 0 spiro atoms. The normalized spacial score (nSPS) is 11.1. The topological polar surface area (TPSA) is 46.4 Å². The lowest BCUT2D eigenvalue weighted by atomic mass is 10.1. The summed E-state index contributed by atoms with van der Waals surface area (Å²) in [4.78, 5) is 12.0. The Hall–Kier alpha value is -3.14. The number of allylic oxidation sites excluding steroid dienone is 1. The van der Waals surface area contributed by atoms with E-state index < -0.39 is 0 Å². The van der Waals surface area contributed by atoms with E-state index >= 15 is 0 Å². The van der Waals surface area contributed by atoms with Gasteiger partial charge in [0.2, 0.25) is 5.91 Å². The van der Waals surface area contributed by atoms with E-state index in [0.29, 0.717) is 6.42 Å². The molecular weight excluding hydrogens is 310 g/mol. The van der Waals surface area contributed by atoms with Crippen LogP contribution >= 0.6 is 0 Å². The highest BCUT2D eigenvalue weighted by molar-refractivity contribution is 5.99. The van der Waals surface area contributed by atoms with Gasteiger partial charge in [0.1, 0.15) is 0 Å². The van der Waals surface area contributed by atoms with E-state index in [-0.39, 0.29) is 5.91 Å². The third kappa shape index (κ3) is 4.04. The first kappa shape index (κ1) is 16.7. The molecule has 0 unspecified atom stereocenters. The maximum absolute atomic E-state index is 12.0. The molecule has 2 aromatic carbocycles. The fourth-order valence-electron chi connectivity index (χ4n) is 2.77. The van der Waals surface area contributed by atoms with Crippen LogP contribution in [0.5, 0.6) is 0 Å². The van der Waals surface area contributed by atoms with Crippen molar-refractivity contribution in [2.45, 2.75) is 19.9 Å². The number of aryl methyl sites for hydroxylation is 1. The van der Waals surface area contributed by atoms with E-state index in [1.807, 2.05) is 61.7 Å². The average Bonchev–Trinajstić information content (AvgIpc) is 2.96. The second-order valence-corrected chi connectivity index (χ2v) is 6.00. The second kappa shape index (κ2) is 7.62. The fourth-order valence-corrected chi connectivity index (χ4v) is 2.77. The Labute approximate surface area is 147 Å². The lowest BCUT2D eigenvalue weighted by Crippen LogP contribution is -2.19. The molecule has 0 saturated heterocycles. The van der Waals surface area contributed by atoms with Gasteiger partial charge >= 0.3 is 0 Å². The predicted octanol–water partition coefficient (Wildman–Crippen LogP) is 3.83. The van der Waals surface area contributed by atoms with Crippen LogP contribution in [0.3, 0.4) is 0 Å². The van der Waals surface area contributed by atoms with Crippen molar-refractivity contribution < 1.29 is 4.79 Å². The Morgan fingerprint density at radius 2 is 1.96 bits per heavy atom. The number of benzene rings is 2. The molecule has 1 aromatic heterocycles. The molecule has 4 nitrogen and oxygen atoms in total. The summed E-state index contributed by atoms with van der Waals surface area (Å²) in [7, 11) is 0. The summed E-state index contributed by atoms with van der Waals surface area (Å²) in [5.74, 6) is -0.130. The zero-order chi connectivity index (χ0) is 17.6. The molecular formula is C21H21N3O. The zero-order valence-electron chi connectivity index (χ0n) is 14.3. The minimum absolute atomic E-state index is 0.130. The van der Waals surface area contributed by atoms with Crippen molar-refractivity contribution in [2.75, 3.05) is 0 Å². The van der Waals surface area contributed by atoms with Crippen LogP contribution in [0, 0.1) is 6.92 Å². The lowest BCUT2D eigenvalue weighted by molar-refractivity contribution is -0.120. The number of nitrogens with zero attached hydrogens (tertiary/aromatic N) is 2. The monoisotopic (exact) mass is 331 g/mol. The fraction of sp³-hybridized carbons (Fsp3) is 0.143. The molecule has 3 aromatic rings. The van der Waals surface area contributed by atoms with Gasteiger partial charge in [-0.25, -0.2) is 5.43 Å². The molecule has 0 fully saturated rings. The standard InChI is InChI=1S/C21H21N3O/c1-3-12-24-15-18(19-6-4-5-7-20(19)24)14-22-23-21(25)13-17-10-8-16(2)9-11-17/h3-11,14-15H,1,12-13H2,2H3,(H,23,25)/b22-14-. The number of hydrogen-bond acceptors (Lipinski definition) is 2. The zero-order valence-corrected chi connectivity index (χ0v) is 14.3. The number of amides is 1. The van der Waals surface area contributed by atoms with Crippen LogP contribution in [0.15, 0.2) is 72.5 Å². The van der Waals surface area contributed by atoms with E-state index in [9.17, 15) is 4.79 Å². The van der Waals surface area contributed by atoms with Crippen LogP contribution in [-0.4, -0.2) is 16.7 Å². The van der Waals surface area contributed by atoms with Crippen molar-refractivity contribution in [3.63, 3.8) is 0 Å². The first-order valence-electron chi connectivity index (χ1n) is 8.23. The largest absolute Gasteiger partial charge is 0.343 e. The predicted molar refractivity (Wildman–Crippen MR) is 103 cm³/mol. The number of aromatic nitrogens is 1. The summed E-state index contributed by atoms with van der Waals surface area (Å²) in [6, 6.07) is 16.0. The van der Waals surface area contributed by atoms with E-state index in [0.717, 1.165) is 28.6 Å². The molecule has 0 aliphatic rings. The number of hydrazone groups is 1. The molecule has 0 aliphatic heterocycles. The third-order valence-electron chi connectivity index (χ3n) is 4.02. The lowest BCUT2D eigenvalue weighted by Gasteiger charge is -2.01. The van der Waals surface area contributed by atoms with Gasteiger partial charge in [-0.3, -0.25) is 4.79 Å². The van der Waals surface area contributed by atoms with Crippen molar-refractivity contribution in [3.8, 4) is 0 Å². The van der Waals surface area contributed by atoms with E-state index in [1.165, 1.54) is 5.56 Å². The van der Waals surface area contributed by atoms with Gasteiger partial charge in [0.25, 0.3) is 0 Å². The SMILES string of the molecule is C=CCn1cc(/C=N\NC(=O)Cc2ccc(C)cc2)c2ccccc21. The Kier molecular flexibility index (Phi) is 5.09. The summed E-state index contributed by atoms with van der Waals surface area (Å²) in [6.07, 6.45) is 5.88. The van der Waals surface area contributed by atoms with Gasteiger partial charge in [-0.2, -0.15) is 5.10 Å². The van der Waals surface area contributed by atoms with Crippen molar-refractivity contribution in [3.05, 3.63) is 84.1 Å². The van der Waals surface area contributed by atoms with E-state index in [4.69, 9.17) is 0 Å². The Balaban J connectivity index is 1.69. The summed E-state index contributed by atoms with van der Waals surface area (Å²) in [5.41, 5.74) is 6.84. The van der Waals surface area contributed by atoms with Crippen molar-refractivity contribution >= 4 is 23.0 Å². The molecule has 1 heterocycles. The summed E-state index contributed by atoms with van der Waals surface area (Å²) >= 11 is 0. The molecule has 1 amide bonds. The van der Waals surface area contributed by atoms with Gasteiger partial charge in [-0.05, 0) is 18.6 Å². The minimum atomic E-state index is -0.130. The average molecular weight is 331 g/mol. The smallest absolute Gasteiger partial charge is 0.244 e. The number of carbonyl (C=O) groups is 1. The first-order chi connectivity index (χ1) is 12.2.